The highest BCUT2D eigenvalue weighted by atomic mass is 16.5. The lowest BCUT2D eigenvalue weighted by Gasteiger charge is -2.26. The predicted molar refractivity (Wildman–Crippen MR) is 80.1 cm³/mol. The van der Waals surface area contributed by atoms with Gasteiger partial charge in [0.15, 0.2) is 0 Å². The number of carbonyl (C=O) groups excluding carboxylic acids is 1. The van der Waals surface area contributed by atoms with E-state index in [1.165, 1.54) is 12.7 Å². The summed E-state index contributed by atoms with van der Waals surface area (Å²) in [5, 5.41) is 2.99. The molecule has 1 aromatic rings. The van der Waals surface area contributed by atoms with Crippen molar-refractivity contribution in [3.63, 3.8) is 0 Å². The van der Waals surface area contributed by atoms with Crippen molar-refractivity contribution in [1.82, 2.24) is 5.32 Å². The zero-order chi connectivity index (χ0) is 15.2. The van der Waals surface area contributed by atoms with Crippen LogP contribution in [-0.2, 0) is 9.53 Å². The number of nitrogens with one attached hydrogen (secondary N) is 1. The van der Waals surface area contributed by atoms with Crippen LogP contribution in [0.1, 0.15) is 38.7 Å². The molecule has 112 valence electrons. The first-order valence-corrected chi connectivity index (χ1v) is 6.93. The van der Waals surface area contributed by atoms with Gasteiger partial charge in [-0.25, -0.2) is 0 Å². The standard InChI is InChI=1S/C16H25NO3/c1-12(2)13-7-6-8-14(11-13)20-10-9-16(3,17-4)15(18)19-5/h6-8,11-12,17H,9-10H2,1-5H3. The Morgan fingerprint density at radius 1 is 1.40 bits per heavy atom. The van der Waals surface area contributed by atoms with Crippen molar-refractivity contribution >= 4 is 5.97 Å². The summed E-state index contributed by atoms with van der Waals surface area (Å²) < 4.78 is 10.5. The van der Waals surface area contributed by atoms with Crippen LogP contribution < -0.4 is 10.1 Å². The van der Waals surface area contributed by atoms with Gasteiger partial charge >= 0.3 is 5.97 Å². The lowest BCUT2D eigenvalue weighted by molar-refractivity contribution is -0.148. The maximum absolute atomic E-state index is 11.7. The smallest absolute Gasteiger partial charge is 0.325 e. The van der Waals surface area contributed by atoms with E-state index in [2.05, 4.69) is 25.2 Å². The van der Waals surface area contributed by atoms with Gasteiger partial charge in [0.1, 0.15) is 11.3 Å². The fraction of sp³-hybridized carbons (Fsp3) is 0.562. The molecule has 0 aliphatic rings. The molecular formula is C16H25NO3. The zero-order valence-electron chi connectivity index (χ0n) is 13.0. The minimum absolute atomic E-state index is 0.278. The van der Waals surface area contributed by atoms with Gasteiger partial charge in [-0.1, -0.05) is 26.0 Å². The molecule has 4 nitrogen and oxygen atoms in total. The molecule has 1 atom stereocenters. The van der Waals surface area contributed by atoms with E-state index in [-0.39, 0.29) is 5.97 Å². The van der Waals surface area contributed by atoms with Gasteiger partial charge in [-0.3, -0.25) is 4.79 Å². The summed E-state index contributed by atoms with van der Waals surface area (Å²) in [5.41, 5.74) is 0.525. The van der Waals surface area contributed by atoms with Gasteiger partial charge in [0.05, 0.1) is 13.7 Å². The van der Waals surface area contributed by atoms with Crippen LogP contribution in [0, 0.1) is 0 Å². The third-order valence-corrected chi connectivity index (χ3v) is 3.58. The Kier molecular flexibility index (Phi) is 6.02. The number of likely N-dealkylation sites (N-methyl/N-ethyl adjacent to an activating group) is 1. The minimum atomic E-state index is -0.718. The van der Waals surface area contributed by atoms with Crippen LogP contribution in [0.25, 0.3) is 0 Å². The normalized spacial score (nSPS) is 13.9. The molecular weight excluding hydrogens is 254 g/mol. The molecule has 0 aliphatic carbocycles. The van der Waals surface area contributed by atoms with Crippen molar-refractivity contribution in [2.75, 3.05) is 20.8 Å². The quantitative estimate of drug-likeness (QED) is 0.780. The van der Waals surface area contributed by atoms with Crippen LogP contribution >= 0.6 is 0 Å². The van der Waals surface area contributed by atoms with Crippen molar-refractivity contribution < 1.29 is 14.3 Å². The first kappa shape index (κ1) is 16.5. The van der Waals surface area contributed by atoms with E-state index in [1.807, 2.05) is 25.1 Å². The first-order chi connectivity index (χ1) is 9.42. The Bertz CT molecular complexity index is 445. The van der Waals surface area contributed by atoms with Crippen molar-refractivity contribution in [3.05, 3.63) is 29.8 Å². The Balaban J connectivity index is 2.59. The van der Waals surface area contributed by atoms with E-state index < -0.39 is 5.54 Å². The molecule has 0 aliphatic heterocycles. The molecule has 1 rings (SSSR count). The van der Waals surface area contributed by atoms with Gasteiger partial charge in [-0.15, -0.1) is 0 Å². The minimum Gasteiger partial charge on any atom is -0.493 e. The number of carbonyl (C=O) groups is 1. The molecule has 1 N–H and O–H groups in total. The molecule has 0 spiro atoms. The highest BCUT2D eigenvalue weighted by Gasteiger charge is 2.32. The van der Waals surface area contributed by atoms with Crippen LogP contribution in [0.4, 0.5) is 0 Å². The molecule has 1 aromatic carbocycles. The number of benzene rings is 1. The van der Waals surface area contributed by atoms with Gasteiger partial charge in [-0.2, -0.15) is 0 Å². The molecule has 1 unspecified atom stereocenters. The van der Waals surface area contributed by atoms with Crippen LogP contribution in [0.15, 0.2) is 24.3 Å². The fourth-order valence-electron chi connectivity index (χ4n) is 1.89. The second-order valence-corrected chi connectivity index (χ2v) is 5.40. The van der Waals surface area contributed by atoms with Crippen molar-refractivity contribution in [2.24, 2.45) is 0 Å². The van der Waals surface area contributed by atoms with E-state index in [0.29, 0.717) is 18.9 Å². The average Bonchev–Trinajstić information content (AvgIpc) is 2.46. The summed E-state index contributed by atoms with van der Waals surface area (Å²) >= 11 is 0. The largest absolute Gasteiger partial charge is 0.493 e. The number of hydrogen-bond acceptors (Lipinski definition) is 4. The van der Waals surface area contributed by atoms with Crippen LogP contribution in [-0.4, -0.2) is 32.3 Å². The topological polar surface area (TPSA) is 47.6 Å². The summed E-state index contributed by atoms with van der Waals surface area (Å²) in [5.74, 6) is 1.02. The first-order valence-electron chi connectivity index (χ1n) is 6.93. The number of esters is 1. The van der Waals surface area contributed by atoms with Crippen LogP contribution in [0.3, 0.4) is 0 Å². The fourth-order valence-corrected chi connectivity index (χ4v) is 1.89. The lowest BCUT2D eigenvalue weighted by Crippen LogP contribution is -2.49. The summed E-state index contributed by atoms with van der Waals surface area (Å²) in [6, 6.07) is 8.05. The molecule has 0 heterocycles. The van der Waals surface area contributed by atoms with E-state index in [0.717, 1.165) is 5.75 Å². The van der Waals surface area contributed by atoms with Crippen LogP contribution in [0.5, 0.6) is 5.75 Å². The molecule has 20 heavy (non-hydrogen) atoms. The number of rotatable bonds is 7. The summed E-state index contributed by atoms with van der Waals surface area (Å²) in [6.45, 7) is 6.56. The predicted octanol–water partition coefficient (Wildman–Crippen LogP) is 2.73. The molecule has 0 aromatic heterocycles. The highest BCUT2D eigenvalue weighted by Crippen LogP contribution is 2.21. The molecule has 0 fully saturated rings. The Labute approximate surface area is 121 Å². The zero-order valence-corrected chi connectivity index (χ0v) is 13.0. The Hall–Kier alpha value is -1.55. The Morgan fingerprint density at radius 3 is 2.65 bits per heavy atom. The molecule has 0 radical (unpaired) electrons. The summed E-state index contributed by atoms with van der Waals surface area (Å²) in [6.07, 6.45) is 0.544. The van der Waals surface area contributed by atoms with Gasteiger partial charge < -0.3 is 14.8 Å². The van der Waals surface area contributed by atoms with Crippen molar-refractivity contribution in [3.8, 4) is 5.75 Å². The van der Waals surface area contributed by atoms with Crippen molar-refractivity contribution in [1.29, 1.82) is 0 Å². The lowest BCUT2D eigenvalue weighted by atomic mass is 9.99. The number of methoxy groups -OCH3 is 1. The average molecular weight is 279 g/mol. The highest BCUT2D eigenvalue weighted by molar-refractivity contribution is 5.80. The van der Waals surface area contributed by atoms with E-state index >= 15 is 0 Å². The molecule has 4 heteroatoms. The van der Waals surface area contributed by atoms with Crippen molar-refractivity contribution in [2.45, 2.75) is 38.6 Å². The molecule has 0 saturated carbocycles. The third-order valence-electron chi connectivity index (χ3n) is 3.58. The van der Waals surface area contributed by atoms with E-state index in [4.69, 9.17) is 9.47 Å². The SMILES string of the molecule is CNC(C)(CCOc1cccc(C(C)C)c1)C(=O)OC. The molecule has 0 amide bonds. The Morgan fingerprint density at radius 2 is 2.10 bits per heavy atom. The third kappa shape index (κ3) is 4.23. The summed E-state index contributed by atoms with van der Waals surface area (Å²) in [4.78, 5) is 11.7. The number of ether oxygens (including phenoxy) is 2. The summed E-state index contributed by atoms with van der Waals surface area (Å²) in [7, 11) is 3.14. The van der Waals surface area contributed by atoms with Gasteiger partial charge in [0.2, 0.25) is 0 Å². The molecule has 0 saturated heterocycles. The molecule has 0 bridgehead atoms. The van der Waals surface area contributed by atoms with Gasteiger partial charge in [-0.05, 0) is 37.6 Å². The second kappa shape index (κ2) is 7.29. The monoisotopic (exact) mass is 279 g/mol. The number of hydrogen-bond donors (Lipinski definition) is 1. The second-order valence-electron chi connectivity index (χ2n) is 5.40. The van der Waals surface area contributed by atoms with Gasteiger partial charge in [0, 0.05) is 6.42 Å². The maximum Gasteiger partial charge on any atom is 0.325 e. The van der Waals surface area contributed by atoms with E-state index in [9.17, 15) is 4.79 Å². The van der Waals surface area contributed by atoms with Crippen LogP contribution in [0.2, 0.25) is 0 Å². The van der Waals surface area contributed by atoms with Gasteiger partial charge in [0.25, 0.3) is 0 Å². The van der Waals surface area contributed by atoms with E-state index in [1.54, 1.807) is 7.05 Å². The maximum atomic E-state index is 11.7.